The molecule has 0 saturated heterocycles. The Kier molecular flexibility index (Phi) is 6.35. The predicted molar refractivity (Wildman–Crippen MR) is 130 cm³/mol. The highest BCUT2D eigenvalue weighted by Gasteiger charge is 2.17. The first-order valence-electron chi connectivity index (χ1n) is 11.2. The lowest BCUT2D eigenvalue weighted by atomic mass is 10.0. The van der Waals surface area contributed by atoms with E-state index in [0.717, 1.165) is 71.4 Å². The Labute approximate surface area is 188 Å². The van der Waals surface area contributed by atoms with Gasteiger partial charge in [-0.05, 0) is 37.1 Å². The van der Waals surface area contributed by atoms with E-state index in [-0.39, 0.29) is 5.78 Å². The monoisotopic (exact) mass is 430 g/mol. The molecule has 0 radical (unpaired) electrons. The van der Waals surface area contributed by atoms with Gasteiger partial charge in [-0.25, -0.2) is 9.97 Å². The van der Waals surface area contributed by atoms with Gasteiger partial charge in [-0.2, -0.15) is 0 Å². The molecule has 0 fully saturated rings. The maximum absolute atomic E-state index is 12.6. The van der Waals surface area contributed by atoms with Crippen molar-refractivity contribution in [2.75, 3.05) is 24.7 Å². The summed E-state index contributed by atoms with van der Waals surface area (Å²) in [6.07, 6.45) is 5.93. The van der Waals surface area contributed by atoms with Gasteiger partial charge in [0, 0.05) is 50.9 Å². The minimum Gasteiger partial charge on any atom is -0.382 e. The normalized spacial score (nSPS) is 11.3. The molecule has 0 saturated carbocycles. The number of nitrogens with zero attached hydrogens (tertiary/aromatic N) is 5. The number of nitrogens with two attached hydrogens (primary N) is 1. The van der Waals surface area contributed by atoms with E-state index >= 15 is 0 Å². The van der Waals surface area contributed by atoms with Gasteiger partial charge in [-0.1, -0.05) is 25.5 Å². The fraction of sp³-hybridized carbons (Fsp3) is 0.360. The van der Waals surface area contributed by atoms with Crippen LogP contribution >= 0.6 is 0 Å². The van der Waals surface area contributed by atoms with Crippen molar-refractivity contribution in [3.63, 3.8) is 0 Å². The Morgan fingerprint density at radius 1 is 1.06 bits per heavy atom. The fourth-order valence-corrected chi connectivity index (χ4v) is 4.11. The number of hydrogen-bond donors (Lipinski definition) is 1. The number of Topliss-reactive ketones (excluding diaryl/α,β-unsaturated/α-hetero) is 1. The number of aryl methyl sites for hydroxylation is 2. The van der Waals surface area contributed by atoms with Crippen molar-refractivity contribution in [1.82, 2.24) is 19.5 Å². The number of anilines is 2. The van der Waals surface area contributed by atoms with Crippen molar-refractivity contribution in [1.29, 1.82) is 0 Å². The molecule has 166 valence electrons. The van der Waals surface area contributed by atoms with E-state index < -0.39 is 0 Å². The van der Waals surface area contributed by atoms with Crippen LogP contribution in [-0.4, -0.2) is 39.4 Å². The van der Waals surface area contributed by atoms with Crippen LogP contribution in [0, 0.1) is 0 Å². The van der Waals surface area contributed by atoms with Crippen LogP contribution in [0.25, 0.3) is 22.1 Å². The van der Waals surface area contributed by atoms with Crippen molar-refractivity contribution in [2.24, 2.45) is 0 Å². The summed E-state index contributed by atoms with van der Waals surface area (Å²) in [5.74, 6) is 1.63. The standard InChI is InChI=1S/C25H30N6O/c1-4-21-29-23-24(22-19(28-25(23)26)12-9-14-27-22)31(21)15-7-5-6-13-20(32)17-10-8-11-18(16-17)30(2)3/h8-12,14,16H,4-7,13,15H2,1-3H3,(H2,26,28). The van der Waals surface area contributed by atoms with Crippen LogP contribution in [-0.2, 0) is 13.0 Å². The van der Waals surface area contributed by atoms with Crippen LogP contribution in [0.15, 0.2) is 42.6 Å². The molecular weight excluding hydrogens is 400 g/mol. The number of ketones is 1. The molecule has 0 aliphatic carbocycles. The molecule has 0 aliphatic rings. The maximum atomic E-state index is 12.6. The molecule has 7 heteroatoms. The number of hydrogen-bond acceptors (Lipinski definition) is 6. The third-order valence-corrected chi connectivity index (χ3v) is 5.83. The third kappa shape index (κ3) is 4.28. The van der Waals surface area contributed by atoms with Gasteiger partial charge >= 0.3 is 0 Å². The molecule has 1 aromatic carbocycles. The summed E-state index contributed by atoms with van der Waals surface area (Å²) in [5.41, 5.74) is 11.3. The summed E-state index contributed by atoms with van der Waals surface area (Å²) in [6.45, 7) is 2.91. The highest BCUT2D eigenvalue weighted by molar-refractivity contribution is 6.04. The molecule has 2 N–H and O–H groups in total. The SMILES string of the molecule is CCc1nc2c(N)nc3cccnc3c2n1CCCCCC(=O)c1cccc(N(C)C)c1. The van der Waals surface area contributed by atoms with Crippen LogP contribution in [0.1, 0.15) is 48.8 Å². The summed E-state index contributed by atoms with van der Waals surface area (Å²) in [6, 6.07) is 11.6. The number of aromatic nitrogens is 4. The van der Waals surface area contributed by atoms with Gasteiger partial charge < -0.3 is 15.2 Å². The van der Waals surface area contributed by atoms with Crippen LogP contribution in [0.2, 0.25) is 0 Å². The number of imidazole rings is 1. The molecule has 0 amide bonds. The maximum Gasteiger partial charge on any atom is 0.162 e. The highest BCUT2D eigenvalue weighted by atomic mass is 16.1. The Balaban J connectivity index is 1.44. The second-order valence-electron chi connectivity index (χ2n) is 8.28. The number of pyridine rings is 2. The van der Waals surface area contributed by atoms with E-state index in [0.29, 0.717) is 12.2 Å². The molecule has 4 aromatic rings. The van der Waals surface area contributed by atoms with Gasteiger partial charge in [-0.3, -0.25) is 9.78 Å². The number of carbonyl (C=O) groups excluding carboxylic acids is 1. The van der Waals surface area contributed by atoms with E-state index in [9.17, 15) is 4.79 Å². The van der Waals surface area contributed by atoms with Crippen LogP contribution in [0.3, 0.4) is 0 Å². The van der Waals surface area contributed by atoms with E-state index in [1.165, 1.54) is 0 Å². The first kappa shape index (κ1) is 21.7. The number of benzene rings is 1. The van der Waals surface area contributed by atoms with Crippen molar-refractivity contribution in [3.8, 4) is 0 Å². The summed E-state index contributed by atoms with van der Waals surface area (Å²) in [4.78, 5) is 28.4. The van der Waals surface area contributed by atoms with E-state index in [2.05, 4.69) is 21.5 Å². The first-order chi connectivity index (χ1) is 15.5. The Morgan fingerprint density at radius 3 is 2.69 bits per heavy atom. The molecule has 32 heavy (non-hydrogen) atoms. The fourth-order valence-electron chi connectivity index (χ4n) is 4.11. The molecule has 3 heterocycles. The lowest BCUT2D eigenvalue weighted by molar-refractivity contribution is 0.0979. The first-order valence-corrected chi connectivity index (χ1v) is 11.2. The van der Waals surface area contributed by atoms with Crippen molar-refractivity contribution in [3.05, 3.63) is 54.0 Å². The van der Waals surface area contributed by atoms with E-state index in [4.69, 9.17) is 10.7 Å². The van der Waals surface area contributed by atoms with Gasteiger partial charge in [0.1, 0.15) is 22.4 Å². The lowest BCUT2D eigenvalue weighted by Crippen LogP contribution is -2.09. The lowest BCUT2D eigenvalue weighted by Gasteiger charge is -2.13. The van der Waals surface area contributed by atoms with Gasteiger partial charge in [-0.15, -0.1) is 0 Å². The zero-order chi connectivity index (χ0) is 22.7. The van der Waals surface area contributed by atoms with Crippen LogP contribution in [0.5, 0.6) is 0 Å². The quantitative estimate of drug-likeness (QED) is 0.307. The zero-order valence-electron chi connectivity index (χ0n) is 19.0. The largest absolute Gasteiger partial charge is 0.382 e. The summed E-state index contributed by atoms with van der Waals surface area (Å²) in [5, 5.41) is 0. The molecule has 4 rings (SSSR count). The predicted octanol–water partition coefficient (Wildman–Crippen LogP) is 4.63. The van der Waals surface area contributed by atoms with Gasteiger partial charge in [0.25, 0.3) is 0 Å². The molecule has 0 unspecified atom stereocenters. The van der Waals surface area contributed by atoms with Crippen molar-refractivity contribution >= 4 is 39.4 Å². The number of fused-ring (bicyclic) bond motifs is 3. The van der Waals surface area contributed by atoms with E-state index in [1.54, 1.807) is 6.20 Å². The molecular formula is C25H30N6O. The zero-order valence-corrected chi connectivity index (χ0v) is 19.0. The summed E-state index contributed by atoms with van der Waals surface area (Å²) >= 11 is 0. The van der Waals surface area contributed by atoms with Crippen LogP contribution in [0.4, 0.5) is 11.5 Å². The second-order valence-corrected chi connectivity index (χ2v) is 8.28. The van der Waals surface area contributed by atoms with Crippen LogP contribution < -0.4 is 10.6 Å². The van der Waals surface area contributed by atoms with Crippen molar-refractivity contribution < 1.29 is 4.79 Å². The second kappa shape index (κ2) is 9.34. The molecule has 0 atom stereocenters. The molecule has 7 nitrogen and oxygen atoms in total. The Morgan fingerprint density at radius 2 is 1.91 bits per heavy atom. The topological polar surface area (TPSA) is 89.9 Å². The van der Waals surface area contributed by atoms with Gasteiger partial charge in [0.2, 0.25) is 0 Å². The van der Waals surface area contributed by atoms with Gasteiger partial charge in [0.15, 0.2) is 11.6 Å². The number of rotatable bonds is 9. The number of nitrogen functional groups attached to an aromatic ring is 1. The van der Waals surface area contributed by atoms with Gasteiger partial charge in [0.05, 0.1) is 5.52 Å². The number of carbonyl (C=O) groups is 1. The minimum absolute atomic E-state index is 0.199. The van der Waals surface area contributed by atoms with Crippen molar-refractivity contribution in [2.45, 2.75) is 45.6 Å². The molecule has 3 aromatic heterocycles. The molecule has 0 aliphatic heterocycles. The third-order valence-electron chi connectivity index (χ3n) is 5.83. The smallest absolute Gasteiger partial charge is 0.162 e. The summed E-state index contributed by atoms with van der Waals surface area (Å²) in [7, 11) is 3.97. The van der Waals surface area contributed by atoms with E-state index in [1.807, 2.05) is 55.4 Å². The average molecular weight is 431 g/mol. The Hall–Kier alpha value is -3.48. The average Bonchev–Trinajstić information content (AvgIpc) is 3.18. The molecule has 0 bridgehead atoms. The summed E-state index contributed by atoms with van der Waals surface area (Å²) < 4.78 is 2.23. The number of unbranched alkanes of at least 4 members (excludes halogenated alkanes) is 2. The molecule has 0 spiro atoms. The minimum atomic E-state index is 0.199. The highest BCUT2D eigenvalue weighted by Crippen LogP contribution is 2.28. The Bertz CT molecular complexity index is 1260.